The normalized spacial score (nSPS) is 27.4. The summed E-state index contributed by atoms with van der Waals surface area (Å²) >= 11 is 17.7. The second-order valence-corrected chi connectivity index (χ2v) is 23.1. The molecule has 2 saturated heterocycles. The van der Waals surface area contributed by atoms with E-state index in [9.17, 15) is 24.3 Å². The lowest BCUT2D eigenvalue weighted by atomic mass is 9.95. The van der Waals surface area contributed by atoms with Crippen molar-refractivity contribution < 1.29 is 66.6 Å². The zero-order chi connectivity index (χ0) is 44.6. The number of halogens is 3. The third kappa shape index (κ3) is 13.5. The number of nitrogens with one attached hydrogen (secondary N) is 1. The third-order valence-corrected chi connectivity index (χ3v) is 15.9. The maximum Gasteiger partial charge on any atom is 0.407 e. The Hall–Kier alpha value is -3.03. The molecule has 334 valence electrons. The molecule has 2 aliphatic heterocycles. The van der Waals surface area contributed by atoms with E-state index in [-0.39, 0.29) is 23.1 Å². The predicted octanol–water partition coefficient (Wildman–Crippen LogP) is 6.63. The second-order valence-electron chi connectivity index (χ2n) is 16.1. The highest BCUT2D eigenvalue weighted by molar-refractivity contribution is 6.74. The largest absolute Gasteiger partial charge is 0.459 e. The van der Waals surface area contributed by atoms with E-state index in [1.54, 1.807) is 37.3 Å². The van der Waals surface area contributed by atoms with Gasteiger partial charge in [-0.1, -0.05) is 111 Å². The Bertz CT molecular complexity index is 1730. The van der Waals surface area contributed by atoms with Crippen molar-refractivity contribution in [3.05, 3.63) is 71.8 Å². The molecule has 2 fully saturated rings. The lowest BCUT2D eigenvalue weighted by molar-refractivity contribution is -0.343. The molecule has 19 heteroatoms. The fourth-order valence-corrected chi connectivity index (χ4v) is 9.25. The minimum atomic E-state index is -2.87. The van der Waals surface area contributed by atoms with Gasteiger partial charge in [0.2, 0.25) is 3.79 Å². The van der Waals surface area contributed by atoms with Crippen molar-refractivity contribution in [2.75, 3.05) is 13.2 Å². The molecule has 4 rings (SSSR count). The van der Waals surface area contributed by atoms with Crippen LogP contribution in [0.3, 0.4) is 0 Å². The molecule has 0 spiro atoms. The fourth-order valence-electron chi connectivity index (χ4n) is 6.61. The highest BCUT2D eigenvalue weighted by atomic mass is 35.6. The number of amides is 1. The van der Waals surface area contributed by atoms with Crippen LogP contribution in [-0.2, 0) is 58.5 Å². The standard InChI is InChI=1S/C41H56Cl3NO14Si/c1-23(2)40(6,7)60(8,9)59-37-30(45-39(50)53-22-41(42,43)44)33(31(48)29(57-37)21-52-36(49)28-18-14-11-15-19-28)58-38-35(51-20-27-16-12-10-13-17-27)34(56-26(5)47)32(24(3)54-38)55-25(4)46/h10-19,23-24,29-35,37-38,48H,20-22H2,1-9H3,(H,45,50)/t24-,29+,30+,31+,32+,33+,34+,35-,37-,38-/m0/s1. The summed E-state index contributed by atoms with van der Waals surface area (Å²) in [5, 5.41) is 14.5. The number of benzene rings is 2. The number of alkyl halides is 3. The van der Waals surface area contributed by atoms with Gasteiger partial charge < -0.3 is 52.7 Å². The number of hydrogen-bond donors (Lipinski definition) is 2. The first-order valence-corrected chi connectivity index (χ1v) is 23.6. The molecule has 10 atom stereocenters. The molecule has 2 N–H and O–H groups in total. The number of carbonyl (C=O) groups is 4. The molecule has 0 unspecified atom stereocenters. The monoisotopic (exact) mass is 919 g/mol. The van der Waals surface area contributed by atoms with Gasteiger partial charge in [-0.15, -0.1) is 0 Å². The minimum absolute atomic E-state index is 0.0388. The number of rotatable bonds is 16. The van der Waals surface area contributed by atoms with Gasteiger partial charge in [0.15, 0.2) is 33.1 Å². The second kappa shape index (κ2) is 21.4. The maximum absolute atomic E-state index is 13.5. The van der Waals surface area contributed by atoms with Crippen LogP contribution in [0.4, 0.5) is 4.79 Å². The van der Waals surface area contributed by atoms with Crippen LogP contribution in [0.1, 0.15) is 64.4 Å². The van der Waals surface area contributed by atoms with Crippen molar-refractivity contribution in [1.82, 2.24) is 5.32 Å². The molecule has 0 bridgehead atoms. The summed E-state index contributed by atoms with van der Waals surface area (Å²) in [6.07, 6.45) is -13.1. The number of alkyl carbamates (subject to hydrolysis) is 1. The molecule has 0 aliphatic carbocycles. The lowest BCUT2D eigenvalue weighted by Crippen LogP contribution is -2.69. The molecule has 2 aliphatic rings. The fraction of sp³-hybridized carbons (Fsp3) is 0.610. The highest BCUT2D eigenvalue weighted by Crippen LogP contribution is 2.46. The predicted molar refractivity (Wildman–Crippen MR) is 223 cm³/mol. The summed E-state index contributed by atoms with van der Waals surface area (Å²) in [6, 6.07) is 15.9. The number of ether oxygens (including phenoxy) is 8. The zero-order valence-electron chi connectivity index (χ0n) is 35.1. The van der Waals surface area contributed by atoms with Crippen molar-refractivity contribution in [2.45, 2.75) is 138 Å². The van der Waals surface area contributed by atoms with Crippen LogP contribution in [0.25, 0.3) is 0 Å². The van der Waals surface area contributed by atoms with E-state index in [2.05, 4.69) is 33.0 Å². The highest BCUT2D eigenvalue weighted by Gasteiger charge is 2.56. The number of aliphatic hydroxyl groups is 1. The molecule has 2 aromatic rings. The topological polar surface area (TPSA) is 184 Å². The first-order chi connectivity index (χ1) is 28.0. The molecule has 0 saturated carbocycles. The van der Waals surface area contributed by atoms with Gasteiger partial charge in [-0.2, -0.15) is 0 Å². The zero-order valence-corrected chi connectivity index (χ0v) is 38.4. The third-order valence-electron chi connectivity index (χ3n) is 11.0. The van der Waals surface area contributed by atoms with Crippen LogP contribution in [-0.4, -0.2) is 116 Å². The number of esters is 3. The Kier molecular flexibility index (Phi) is 17.7. The van der Waals surface area contributed by atoms with Crippen molar-refractivity contribution >= 4 is 67.1 Å². The Labute approximate surface area is 366 Å². The van der Waals surface area contributed by atoms with Gasteiger partial charge in [-0.25, -0.2) is 9.59 Å². The van der Waals surface area contributed by atoms with Crippen molar-refractivity contribution in [2.24, 2.45) is 5.92 Å². The van der Waals surface area contributed by atoms with E-state index in [0.717, 1.165) is 5.56 Å². The quantitative estimate of drug-likeness (QED) is 0.0792. The smallest absolute Gasteiger partial charge is 0.407 e. The SMILES string of the molecule is CC(=O)O[C@H]1[C@H](OCc2ccccc2)[C@H](O[C@H]2[C@H](O)[C@@H](COC(=O)c3ccccc3)O[C@@H](O[Si](C)(C)C(C)(C)C(C)C)[C@@H]2NC(=O)OCC(Cl)(Cl)Cl)O[C@@H](C)[C@H]1OC(C)=O. The van der Waals surface area contributed by atoms with Crippen LogP contribution in [0.5, 0.6) is 0 Å². The van der Waals surface area contributed by atoms with E-state index >= 15 is 0 Å². The Balaban J connectivity index is 1.82. The van der Waals surface area contributed by atoms with Crippen molar-refractivity contribution in [3.63, 3.8) is 0 Å². The van der Waals surface area contributed by atoms with E-state index in [0.29, 0.717) is 0 Å². The van der Waals surface area contributed by atoms with E-state index < -0.39 is 111 Å². The number of aliphatic hydroxyl groups excluding tert-OH is 1. The molecular formula is C41H56Cl3NO14Si. The molecule has 2 heterocycles. The minimum Gasteiger partial charge on any atom is -0.459 e. The first kappa shape index (κ1) is 49.6. The summed E-state index contributed by atoms with van der Waals surface area (Å²) in [5.74, 6) is -1.94. The van der Waals surface area contributed by atoms with Crippen LogP contribution in [0.15, 0.2) is 60.7 Å². The summed E-state index contributed by atoms with van der Waals surface area (Å²) in [7, 11) is -2.87. The van der Waals surface area contributed by atoms with Gasteiger partial charge in [-0.3, -0.25) is 9.59 Å². The van der Waals surface area contributed by atoms with Gasteiger partial charge in [0.1, 0.15) is 43.7 Å². The van der Waals surface area contributed by atoms with Crippen molar-refractivity contribution in [3.8, 4) is 0 Å². The molecular weight excluding hydrogens is 865 g/mol. The molecule has 0 radical (unpaired) electrons. The first-order valence-electron chi connectivity index (χ1n) is 19.5. The van der Waals surface area contributed by atoms with Crippen molar-refractivity contribution in [1.29, 1.82) is 0 Å². The van der Waals surface area contributed by atoms with Gasteiger partial charge in [-0.05, 0) is 48.7 Å². The average molecular weight is 921 g/mol. The number of hydrogen-bond acceptors (Lipinski definition) is 14. The molecule has 1 amide bonds. The van der Waals surface area contributed by atoms with Gasteiger partial charge >= 0.3 is 24.0 Å². The van der Waals surface area contributed by atoms with Crippen LogP contribution in [0, 0.1) is 5.92 Å². The van der Waals surface area contributed by atoms with E-state index in [1.807, 2.05) is 43.4 Å². The Morgan fingerprint density at radius 3 is 1.98 bits per heavy atom. The van der Waals surface area contributed by atoms with E-state index in [4.69, 9.17) is 77.1 Å². The molecule has 15 nitrogen and oxygen atoms in total. The number of carbonyl (C=O) groups excluding carboxylic acids is 4. The van der Waals surface area contributed by atoms with Gasteiger partial charge in [0.25, 0.3) is 0 Å². The summed E-state index contributed by atoms with van der Waals surface area (Å²) in [6.45, 7) is 15.0. The maximum atomic E-state index is 13.5. The Morgan fingerprint density at radius 1 is 0.833 bits per heavy atom. The molecule has 0 aromatic heterocycles. The summed E-state index contributed by atoms with van der Waals surface area (Å²) in [4.78, 5) is 51.5. The molecule has 2 aromatic carbocycles. The Morgan fingerprint density at radius 2 is 1.42 bits per heavy atom. The summed E-state index contributed by atoms with van der Waals surface area (Å²) < 4.78 is 53.0. The van der Waals surface area contributed by atoms with Crippen LogP contribution < -0.4 is 5.32 Å². The van der Waals surface area contributed by atoms with E-state index in [1.165, 1.54) is 13.8 Å². The lowest BCUT2D eigenvalue weighted by Gasteiger charge is -2.51. The van der Waals surface area contributed by atoms with Gasteiger partial charge in [0.05, 0.1) is 18.3 Å². The molecule has 60 heavy (non-hydrogen) atoms. The van der Waals surface area contributed by atoms with Gasteiger partial charge in [0, 0.05) is 13.8 Å². The van der Waals surface area contributed by atoms with Crippen LogP contribution >= 0.6 is 34.8 Å². The summed E-state index contributed by atoms with van der Waals surface area (Å²) in [5.41, 5.74) is 0.991. The van der Waals surface area contributed by atoms with Crippen LogP contribution in [0.2, 0.25) is 18.1 Å². The average Bonchev–Trinajstić information content (AvgIpc) is 3.16.